The third kappa shape index (κ3) is 7.30. The molecule has 11 heteroatoms. The lowest BCUT2D eigenvalue weighted by Crippen LogP contribution is -2.45. The lowest BCUT2D eigenvalue weighted by atomic mass is 10.0. The molecule has 4 aromatic rings. The highest BCUT2D eigenvalue weighted by atomic mass is 19.1. The number of likely N-dealkylation sites (tertiary alicyclic amines) is 1. The second-order valence-electron chi connectivity index (χ2n) is 11.3. The molecule has 3 aliphatic heterocycles. The van der Waals surface area contributed by atoms with Gasteiger partial charge in [-0.3, -0.25) is 14.4 Å². The number of amides is 3. The van der Waals surface area contributed by atoms with Crippen LogP contribution in [-0.2, 0) is 22.6 Å². The number of carbonyl (C=O) groups excluding carboxylic acids is 3. The van der Waals surface area contributed by atoms with Crippen LogP contribution in [0.2, 0.25) is 0 Å². The quantitative estimate of drug-likeness (QED) is 0.345. The Morgan fingerprint density at radius 1 is 0.894 bits per heavy atom. The molecular weight excluding hydrogens is 605 g/mol. The van der Waals surface area contributed by atoms with E-state index in [1.54, 1.807) is 72.7 Å². The number of benzene rings is 4. The molecule has 10 nitrogen and oxygen atoms in total. The van der Waals surface area contributed by atoms with Crippen molar-refractivity contribution in [1.29, 1.82) is 0 Å². The molecule has 2 atom stereocenters. The highest BCUT2D eigenvalue weighted by Gasteiger charge is 2.38. The Morgan fingerprint density at radius 3 is 2.47 bits per heavy atom. The Balaban J connectivity index is 1.29. The predicted octanol–water partition coefficient (Wildman–Crippen LogP) is 4.15. The fourth-order valence-corrected chi connectivity index (χ4v) is 5.66. The largest absolute Gasteiger partial charge is 0.493 e. The van der Waals surface area contributed by atoms with Crippen LogP contribution in [0.4, 0.5) is 4.39 Å². The van der Waals surface area contributed by atoms with Crippen molar-refractivity contribution in [3.63, 3.8) is 0 Å². The number of carbonyl (C=O) groups is 3. The topological polar surface area (TPSA) is 115 Å². The normalized spacial score (nSPS) is 17.8. The van der Waals surface area contributed by atoms with Gasteiger partial charge in [0.15, 0.2) is 18.1 Å². The summed E-state index contributed by atoms with van der Waals surface area (Å²) in [5.41, 5.74) is 2.70. The Kier molecular flexibility index (Phi) is 9.23. The minimum absolute atomic E-state index is 0.0909. The highest BCUT2D eigenvalue weighted by molar-refractivity contribution is 5.96. The van der Waals surface area contributed by atoms with Crippen LogP contribution in [0, 0.1) is 5.82 Å². The van der Waals surface area contributed by atoms with Gasteiger partial charge in [-0.15, -0.1) is 0 Å². The van der Waals surface area contributed by atoms with Gasteiger partial charge in [-0.05, 0) is 70.8 Å². The Labute approximate surface area is 271 Å². The van der Waals surface area contributed by atoms with Gasteiger partial charge in [0.1, 0.15) is 23.4 Å². The molecule has 3 heterocycles. The van der Waals surface area contributed by atoms with Crippen molar-refractivity contribution in [3.8, 4) is 34.1 Å². The van der Waals surface area contributed by atoms with Gasteiger partial charge in [0, 0.05) is 13.1 Å². The van der Waals surface area contributed by atoms with Crippen molar-refractivity contribution >= 4 is 17.7 Å². The number of nitrogens with one attached hydrogen (secondary N) is 2. The molecule has 2 N–H and O–H groups in total. The molecular formula is C36H34FN3O7. The fraction of sp³-hybridized carbons (Fsp3) is 0.250. The molecule has 3 amide bonds. The Hall–Kier alpha value is -5.58. The van der Waals surface area contributed by atoms with Crippen LogP contribution in [0.5, 0.6) is 23.0 Å². The van der Waals surface area contributed by atoms with Gasteiger partial charge in [0.2, 0.25) is 5.91 Å². The number of halogens is 1. The molecule has 0 radical (unpaired) electrons. The summed E-state index contributed by atoms with van der Waals surface area (Å²) in [4.78, 5) is 41.2. The first-order valence-electron chi connectivity index (χ1n) is 15.1. The molecule has 1 saturated heterocycles. The zero-order valence-electron chi connectivity index (χ0n) is 26.0. The van der Waals surface area contributed by atoms with Gasteiger partial charge in [0.25, 0.3) is 11.8 Å². The molecule has 4 aromatic carbocycles. The van der Waals surface area contributed by atoms with Crippen molar-refractivity contribution in [2.45, 2.75) is 25.1 Å². The van der Waals surface area contributed by atoms with Crippen LogP contribution in [0.15, 0.2) is 84.9 Å². The first-order chi connectivity index (χ1) is 22.8. The number of nitrogens with zero attached hydrogens (tertiary/aromatic N) is 1. The van der Waals surface area contributed by atoms with E-state index in [0.29, 0.717) is 40.7 Å². The van der Waals surface area contributed by atoms with E-state index in [1.807, 2.05) is 12.1 Å². The second kappa shape index (κ2) is 13.8. The summed E-state index contributed by atoms with van der Waals surface area (Å²) in [6, 6.07) is 23.1. The molecule has 6 bridgehead atoms. The second-order valence-corrected chi connectivity index (χ2v) is 11.3. The highest BCUT2D eigenvalue weighted by Crippen LogP contribution is 2.29. The molecule has 1 fully saturated rings. The van der Waals surface area contributed by atoms with E-state index < -0.39 is 23.9 Å². The average molecular weight is 640 g/mol. The summed E-state index contributed by atoms with van der Waals surface area (Å²) < 4.78 is 37.8. The van der Waals surface area contributed by atoms with Gasteiger partial charge >= 0.3 is 0 Å². The van der Waals surface area contributed by atoms with Crippen LogP contribution >= 0.6 is 0 Å². The molecule has 0 aliphatic carbocycles. The predicted molar refractivity (Wildman–Crippen MR) is 171 cm³/mol. The van der Waals surface area contributed by atoms with E-state index in [2.05, 4.69) is 10.6 Å². The first-order valence-corrected chi connectivity index (χ1v) is 15.1. The molecule has 7 rings (SSSR count). The molecule has 47 heavy (non-hydrogen) atoms. The lowest BCUT2D eigenvalue weighted by molar-refractivity contribution is -0.129. The zero-order valence-corrected chi connectivity index (χ0v) is 26.0. The maximum Gasteiger partial charge on any atom is 0.258 e. The third-order valence-electron chi connectivity index (χ3n) is 8.19. The van der Waals surface area contributed by atoms with Crippen molar-refractivity contribution in [3.05, 3.63) is 107 Å². The molecule has 0 aromatic heterocycles. The van der Waals surface area contributed by atoms with Crippen LogP contribution in [0.25, 0.3) is 11.1 Å². The summed E-state index contributed by atoms with van der Waals surface area (Å²) in [5.74, 6) is 0.250. The molecule has 242 valence electrons. The van der Waals surface area contributed by atoms with E-state index in [1.165, 1.54) is 19.2 Å². The number of ether oxygens (including phenoxy) is 4. The van der Waals surface area contributed by atoms with Gasteiger partial charge < -0.3 is 34.5 Å². The van der Waals surface area contributed by atoms with E-state index in [0.717, 1.165) is 11.1 Å². The third-order valence-corrected chi connectivity index (χ3v) is 8.19. The van der Waals surface area contributed by atoms with Gasteiger partial charge in [0.05, 0.1) is 38.8 Å². The summed E-state index contributed by atoms with van der Waals surface area (Å²) in [5, 5.41) is 5.77. The van der Waals surface area contributed by atoms with Crippen molar-refractivity contribution < 1.29 is 37.7 Å². The van der Waals surface area contributed by atoms with E-state index >= 15 is 4.39 Å². The summed E-state index contributed by atoms with van der Waals surface area (Å²) >= 11 is 0. The molecule has 3 aliphatic rings. The monoisotopic (exact) mass is 639 g/mol. The Morgan fingerprint density at radius 2 is 1.68 bits per heavy atom. The summed E-state index contributed by atoms with van der Waals surface area (Å²) in [7, 11) is 3.07. The van der Waals surface area contributed by atoms with Crippen molar-refractivity contribution in [2.75, 3.05) is 33.9 Å². The van der Waals surface area contributed by atoms with E-state index in [9.17, 15) is 14.4 Å². The van der Waals surface area contributed by atoms with Gasteiger partial charge in [-0.25, -0.2) is 4.39 Å². The average Bonchev–Trinajstić information content (AvgIpc) is 3.48. The van der Waals surface area contributed by atoms with Crippen molar-refractivity contribution in [2.24, 2.45) is 0 Å². The minimum atomic E-state index is -0.690. The fourth-order valence-electron chi connectivity index (χ4n) is 5.66. The first kappa shape index (κ1) is 31.4. The lowest BCUT2D eigenvalue weighted by Gasteiger charge is -2.21. The smallest absolute Gasteiger partial charge is 0.258 e. The molecule has 0 unspecified atom stereocenters. The SMILES string of the molecule is COc1ccc(CC(=O)N2C[C@@H]3NC(=O)c4cc(ccc4F)-c4cccc(c4)OCC(=O)NCc4ccc(cc4)O[C@H]3C2)cc1OC. The maximum absolute atomic E-state index is 15.1. The number of rotatable bonds is 4. The van der Waals surface area contributed by atoms with Crippen LogP contribution in [0.3, 0.4) is 0 Å². The number of hydrogen-bond acceptors (Lipinski definition) is 7. The van der Waals surface area contributed by atoms with Crippen molar-refractivity contribution in [1.82, 2.24) is 15.5 Å². The van der Waals surface area contributed by atoms with Crippen LogP contribution in [-0.4, -0.2) is 68.7 Å². The number of fused-ring (bicyclic) bond motifs is 7. The summed E-state index contributed by atoms with van der Waals surface area (Å²) in [6.45, 7) is 0.463. The van der Waals surface area contributed by atoms with E-state index in [-0.39, 0.29) is 43.5 Å². The standard InChI is InChI=1S/C36H34FN3O7/c1-44-31-13-8-23(14-32(31)45-2)15-35(42)40-19-30-33(20-40)47-26-10-6-22(7-11-26)18-38-34(41)21-46-27-5-3-4-24(16-27)25-9-12-29(37)28(17-25)36(43)39-30/h3-14,16-17,30,33H,15,18-21H2,1-2H3,(H,38,41)(H,39,43)/t30-,33-/m0/s1. The molecule has 0 spiro atoms. The van der Waals surface area contributed by atoms with E-state index in [4.69, 9.17) is 18.9 Å². The van der Waals surface area contributed by atoms with Crippen LogP contribution < -0.4 is 29.6 Å². The zero-order chi connectivity index (χ0) is 32.9. The maximum atomic E-state index is 15.1. The van der Waals surface area contributed by atoms with Gasteiger partial charge in [-0.1, -0.05) is 36.4 Å². The van der Waals surface area contributed by atoms with Gasteiger partial charge in [-0.2, -0.15) is 0 Å². The minimum Gasteiger partial charge on any atom is -0.493 e. The summed E-state index contributed by atoms with van der Waals surface area (Å²) in [6.07, 6.45) is -0.530. The number of hydrogen-bond donors (Lipinski definition) is 2. The number of methoxy groups -OCH3 is 2. The molecule has 0 saturated carbocycles. The van der Waals surface area contributed by atoms with Crippen LogP contribution in [0.1, 0.15) is 21.5 Å². The Bertz CT molecular complexity index is 1800.